The highest BCUT2D eigenvalue weighted by molar-refractivity contribution is 9.10. The Morgan fingerprint density at radius 3 is 2.75 bits per heavy atom. The molecule has 0 bridgehead atoms. The van der Waals surface area contributed by atoms with Gasteiger partial charge in [-0.05, 0) is 37.0 Å². The van der Waals surface area contributed by atoms with Crippen molar-refractivity contribution in [3.05, 3.63) is 33.8 Å². The van der Waals surface area contributed by atoms with E-state index in [-0.39, 0.29) is 0 Å². The minimum absolute atomic E-state index is 0.291. The fraction of sp³-hybridized carbons (Fsp3) is 0.417. The lowest BCUT2D eigenvalue weighted by Gasteiger charge is -2.25. The molecule has 0 aliphatic heterocycles. The van der Waals surface area contributed by atoms with E-state index in [2.05, 4.69) is 15.9 Å². The molecule has 0 atom stereocenters. The molecule has 86 valence electrons. The van der Waals surface area contributed by atoms with Crippen LogP contribution in [0, 0.1) is 0 Å². The number of hydrogen-bond acceptors (Lipinski definition) is 2. The van der Waals surface area contributed by atoms with Gasteiger partial charge in [0.1, 0.15) is 0 Å². The van der Waals surface area contributed by atoms with E-state index in [1.54, 1.807) is 18.2 Å². The van der Waals surface area contributed by atoms with E-state index in [0.717, 1.165) is 22.9 Å². The highest BCUT2D eigenvalue weighted by atomic mass is 79.9. The van der Waals surface area contributed by atoms with Crippen LogP contribution in [-0.2, 0) is 11.3 Å². The maximum atomic E-state index is 10.7. The van der Waals surface area contributed by atoms with Gasteiger partial charge in [0.25, 0.3) is 0 Å². The van der Waals surface area contributed by atoms with Gasteiger partial charge in [-0.15, -0.1) is 0 Å². The van der Waals surface area contributed by atoms with Gasteiger partial charge >= 0.3 is 5.97 Å². The second kappa shape index (κ2) is 4.97. The number of halogens is 1. The second-order valence-electron chi connectivity index (χ2n) is 3.98. The predicted molar refractivity (Wildman–Crippen MR) is 63.5 cm³/mol. The van der Waals surface area contributed by atoms with Crippen LogP contribution in [0.1, 0.15) is 35.2 Å². The molecule has 0 unspecified atom stereocenters. The van der Waals surface area contributed by atoms with Crippen molar-refractivity contribution in [3.63, 3.8) is 0 Å². The first kappa shape index (κ1) is 11.6. The van der Waals surface area contributed by atoms with Gasteiger partial charge in [-0.1, -0.05) is 22.0 Å². The molecule has 2 rings (SSSR count). The molecular formula is C12H13BrO3. The van der Waals surface area contributed by atoms with Gasteiger partial charge in [0.05, 0.1) is 18.3 Å². The zero-order chi connectivity index (χ0) is 11.5. The molecule has 1 aromatic carbocycles. The number of carboxylic acid groups (broad SMARTS) is 1. The molecule has 1 aromatic rings. The Balaban J connectivity index is 2.00. The molecule has 1 aliphatic carbocycles. The summed E-state index contributed by atoms with van der Waals surface area (Å²) in [5.41, 5.74) is 1.29. The molecule has 0 saturated heterocycles. The Hall–Kier alpha value is -0.870. The number of benzene rings is 1. The monoisotopic (exact) mass is 284 g/mol. The first-order valence-corrected chi connectivity index (χ1v) is 6.09. The van der Waals surface area contributed by atoms with E-state index >= 15 is 0 Å². The zero-order valence-electron chi connectivity index (χ0n) is 8.78. The SMILES string of the molecule is O=C(O)c1ccc(COC2CCC2)c(Br)c1. The highest BCUT2D eigenvalue weighted by Gasteiger charge is 2.18. The summed E-state index contributed by atoms with van der Waals surface area (Å²) in [5.74, 6) is -0.910. The maximum Gasteiger partial charge on any atom is 0.335 e. The van der Waals surface area contributed by atoms with E-state index in [0.29, 0.717) is 18.3 Å². The Morgan fingerprint density at radius 2 is 2.25 bits per heavy atom. The van der Waals surface area contributed by atoms with Crippen LogP contribution in [0.15, 0.2) is 22.7 Å². The fourth-order valence-electron chi connectivity index (χ4n) is 1.54. The second-order valence-corrected chi connectivity index (χ2v) is 4.83. The van der Waals surface area contributed by atoms with Crippen molar-refractivity contribution >= 4 is 21.9 Å². The summed E-state index contributed by atoms with van der Waals surface area (Å²) in [6.07, 6.45) is 3.94. The fourth-order valence-corrected chi connectivity index (χ4v) is 2.04. The average Bonchev–Trinajstić information content (AvgIpc) is 2.17. The molecule has 0 spiro atoms. The van der Waals surface area contributed by atoms with E-state index in [1.165, 1.54) is 6.42 Å². The Bertz CT molecular complexity index is 399. The summed E-state index contributed by atoms with van der Waals surface area (Å²) in [7, 11) is 0. The van der Waals surface area contributed by atoms with E-state index in [9.17, 15) is 4.79 Å². The molecular weight excluding hydrogens is 272 g/mol. The van der Waals surface area contributed by atoms with Crippen molar-refractivity contribution in [3.8, 4) is 0 Å². The normalized spacial score (nSPS) is 15.8. The lowest BCUT2D eigenvalue weighted by atomic mass is 9.96. The minimum Gasteiger partial charge on any atom is -0.478 e. The van der Waals surface area contributed by atoms with Gasteiger partial charge < -0.3 is 9.84 Å². The van der Waals surface area contributed by atoms with Crippen LogP contribution in [0.2, 0.25) is 0 Å². The summed E-state index contributed by atoms with van der Waals surface area (Å²) >= 11 is 3.36. The predicted octanol–water partition coefficient (Wildman–Crippen LogP) is 3.22. The Labute approximate surface area is 103 Å². The van der Waals surface area contributed by atoms with Crippen molar-refractivity contribution in [1.29, 1.82) is 0 Å². The summed E-state index contributed by atoms with van der Waals surface area (Å²) in [5, 5.41) is 8.81. The van der Waals surface area contributed by atoms with Gasteiger partial charge in [0, 0.05) is 4.47 Å². The number of carbonyl (C=O) groups is 1. The quantitative estimate of drug-likeness (QED) is 0.924. The van der Waals surface area contributed by atoms with Crippen LogP contribution in [0.3, 0.4) is 0 Å². The minimum atomic E-state index is -0.910. The van der Waals surface area contributed by atoms with Gasteiger partial charge in [-0.3, -0.25) is 0 Å². The largest absolute Gasteiger partial charge is 0.478 e. The third kappa shape index (κ3) is 2.62. The van der Waals surface area contributed by atoms with E-state index < -0.39 is 5.97 Å². The molecule has 1 N–H and O–H groups in total. The molecule has 1 fully saturated rings. The third-order valence-electron chi connectivity index (χ3n) is 2.83. The number of aromatic carboxylic acids is 1. The summed E-state index contributed by atoms with van der Waals surface area (Å²) in [6.45, 7) is 0.547. The first-order chi connectivity index (χ1) is 7.66. The molecule has 1 saturated carbocycles. The molecule has 4 heteroatoms. The lowest BCUT2D eigenvalue weighted by Crippen LogP contribution is -2.21. The van der Waals surface area contributed by atoms with Crippen molar-refractivity contribution in [2.75, 3.05) is 0 Å². The highest BCUT2D eigenvalue weighted by Crippen LogP contribution is 2.25. The molecule has 0 heterocycles. The van der Waals surface area contributed by atoms with Crippen LogP contribution in [-0.4, -0.2) is 17.2 Å². The van der Waals surface area contributed by atoms with Gasteiger partial charge in [0.2, 0.25) is 0 Å². The van der Waals surface area contributed by atoms with Crippen LogP contribution in [0.5, 0.6) is 0 Å². The number of rotatable bonds is 4. The average molecular weight is 285 g/mol. The topological polar surface area (TPSA) is 46.5 Å². The Kier molecular flexibility index (Phi) is 3.61. The number of ether oxygens (including phenoxy) is 1. The van der Waals surface area contributed by atoms with E-state index in [4.69, 9.17) is 9.84 Å². The maximum absolute atomic E-state index is 10.7. The molecule has 16 heavy (non-hydrogen) atoms. The van der Waals surface area contributed by atoms with E-state index in [1.807, 2.05) is 0 Å². The van der Waals surface area contributed by atoms with Crippen molar-refractivity contribution in [2.24, 2.45) is 0 Å². The van der Waals surface area contributed by atoms with Crippen LogP contribution in [0.25, 0.3) is 0 Å². The molecule has 1 aliphatic rings. The molecule has 0 radical (unpaired) electrons. The summed E-state index contributed by atoms with van der Waals surface area (Å²) < 4.78 is 6.47. The molecule has 0 amide bonds. The third-order valence-corrected chi connectivity index (χ3v) is 3.56. The molecule has 0 aromatic heterocycles. The number of carboxylic acids is 1. The van der Waals surface area contributed by atoms with Crippen LogP contribution in [0.4, 0.5) is 0 Å². The van der Waals surface area contributed by atoms with Gasteiger partial charge in [-0.2, -0.15) is 0 Å². The first-order valence-electron chi connectivity index (χ1n) is 5.30. The Morgan fingerprint density at radius 1 is 1.50 bits per heavy atom. The lowest BCUT2D eigenvalue weighted by molar-refractivity contribution is -0.00890. The summed E-state index contributed by atoms with van der Waals surface area (Å²) in [4.78, 5) is 10.7. The smallest absolute Gasteiger partial charge is 0.335 e. The zero-order valence-corrected chi connectivity index (χ0v) is 10.4. The molecule has 3 nitrogen and oxygen atoms in total. The number of hydrogen-bond donors (Lipinski definition) is 1. The van der Waals surface area contributed by atoms with Crippen molar-refractivity contribution in [1.82, 2.24) is 0 Å². The van der Waals surface area contributed by atoms with Gasteiger partial charge in [-0.25, -0.2) is 4.79 Å². The van der Waals surface area contributed by atoms with Crippen molar-refractivity contribution in [2.45, 2.75) is 32.0 Å². The summed E-state index contributed by atoms with van der Waals surface area (Å²) in [6, 6.07) is 5.01. The van der Waals surface area contributed by atoms with Crippen LogP contribution < -0.4 is 0 Å². The van der Waals surface area contributed by atoms with Crippen LogP contribution >= 0.6 is 15.9 Å². The standard InChI is InChI=1S/C12H13BrO3/c13-11-6-8(12(14)15)4-5-9(11)7-16-10-2-1-3-10/h4-6,10H,1-3,7H2,(H,14,15). The van der Waals surface area contributed by atoms with Gasteiger partial charge in [0.15, 0.2) is 0 Å². The van der Waals surface area contributed by atoms with Crippen molar-refractivity contribution < 1.29 is 14.6 Å².